The Morgan fingerprint density at radius 1 is 0.939 bits per heavy atom. The standard InChI is InChI=1S/C26H19N3O2S2/c1-31-21-14-12-18(13-15-21)16-23-24(30)29(20-10-6-3-7-11-20)26(33-23)28-25-27-22(17-32-25)19-8-4-2-5-9-19/h2-17H,1H3/b23-16-,28-26+. The number of thiazole rings is 1. The third-order valence-corrected chi connectivity index (χ3v) is 6.69. The normalized spacial score (nSPS) is 16.0. The summed E-state index contributed by atoms with van der Waals surface area (Å²) in [6.45, 7) is 0. The van der Waals surface area contributed by atoms with Crippen molar-refractivity contribution in [2.24, 2.45) is 4.99 Å². The molecule has 0 spiro atoms. The average molecular weight is 470 g/mol. The summed E-state index contributed by atoms with van der Waals surface area (Å²) < 4.78 is 5.23. The van der Waals surface area contributed by atoms with Crippen LogP contribution in [0.25, 0.3) is 17.3 Å². The highest BCUT2D eigenvalue weighted by atomic mass is 32.2. The van der Waals surface area contributed by atoms with Crippen LogP contribution in [0, 0.1) is 0 Å². The molecule has 0 unspecified atom stereocenters. The molecule has 0 radical (unpaired) electrons. The average Bonchev–Trinajstić information content (AvgIpc) is 3.45. The quantitative estimate of drug-likeness (QED) is 0.308. The fourth-order valence-electron chi connectivity index (χ4n) is 3.34. The van der Waals surface area contributed by atoms with Crippen molar-refractivity contribution in [3.8, 4) is 17.0 Å². The van der Waals surface area contributed by atoms with Crippen LogP contribution in [0.3, 0.4) is 0 Å². The molecule has 4 aromatic rings. The van der Waals surface area contributed by atoms with Gasteiger partial charge in [0.2, 0.25) is 5.13 Å². The Labute approximate surface area is 200 Å². The van der Waals surface area contributed by atoms with Gasteiger partial charge in [0.25, 0.3) is 5.91 Å². The van der Waals surface area contributed by atoms with E-state index in [1.807, 2.05) is 96.4 Å². The van der Waals surface area contributed by atoms with Crippen molar-refractivity contribution in [3.63, 3.8) is 0 Å². The van der Waals surface area contributed by atoms with Crippen LogP contribution >= 0.6 is 23.1 Å². The van der Waals surface area contributed by atoms with Crippen LogP contribution in [0.4, 0.5) is 10.8 Å². The molecule has 3 aromatic carbocycles. The number of ether oxygens (including phenoxy) is 1. The lowest BCUT2D eigenvalue weighted by molar-refractivity contribution is -0.113. The molecule has 0 N–H and O–H groups in total. The summed E-state index contributed by atoms with van der Waals surface area (Å²) in [6.07, 6.45) is 1.88. The van der Waals surface area contributed by atoms with Crippen LogP contribution in [0.1, 0.15) is 5.56 Å². The number of carbonyl (C=O) groups is 1. The zero-order chi connectivity index (χ0) is 22.6. The summed E-state index contributed by atoms with van der Waals surface area (Å²) in [6, 6.07) is 27.1. The zero-order valence-electron chi connectivity index (χ0n) is 17.7. The number of hydrogen-bond acceptors (Lipinski definition) is 6. The van der Waals surface area contributed by atoms with E-state index in [1.165, 1.54) is 23.1 Å². The third-order valence-electron chi connectivity index (χ3n) is 4.99. The molecule has 0 atom stereocenters. The van der Waals surface area contributed by atoms with E-state index in [1.54, 1.807) is 12.0 Å². The van der Waals surface area contributed by atoms with Crippen molar-refractivity contribution < 1.29 is 9.53 Å². The molecule has 1 aliphatic rings. The Morgan fingerprint density at radius 2 is 1.64 bits per heavy atom. The van der Waals surface area contributed by atoms with Crippen molar-refractivity contribution in [3.05, 3.63) is 101 Å². The van der Waals surface area contributed by atoms with Gasteiger partial charge >= 0.3 is 0 Å². The Kier molecular flexibility index (Phi) is 6.06. The fourth-order valence-corrected chi connectivity index (χ4v) is 5.08. The number of anilines is 1. The van der Waals surface area contributed by atoms with Crippen molar-refractivity contribution in [1.29, 1.82) is 0 Å². The van der Waals surface area contributed by atoms with Crippen LogP contribution in [0.2, 0.25) is 0 Å². The Morgan fingerprint density at radius 3 is 2.33 bits per heavy atom. The number of amides is 1. The van der Waals surface area contributed by atoms with Gasteiger partial charge in [-0.1, -0.05) is 60.7 Å². The minimum atomic E-state index is -0.111. The molecule has 1 saturated heterocycles. The maximum Gasteiger partial charge on any atom is 0.271 e. The zero-order valence-corrected chi connectivity index (χ0v) is 19.3. The van der Waals surface area contributed by atoms with Gasteiger partial charge in [-0.25, -0.2) is 4.98 Å². The number of hydrogen-bond donors (Lipinski definition) is 0. The Bertz CT molecular complexity index is 1330. The van der Waals surface area contributed by atoms with E-state index in [0.29, 0.717) is 15.2 Å². The molecule has 162 valence electrons. The first-order valence-corrected chi connectivity index (χ1v) is 11.9. The fraction of sp³-hybridized carbons (Fsp3) is 0.0385. The summed E-state index contributed by atoms with van der Waals surface area (Å²) in [7, 11) is 1.63. The maximum atomic E-state index is 13.4. The summed E-state index contributed by atoms with van der Waals surface area (Å²) in [5, 5.41) is 3.17. The van der Waals surface area contributed by atoms with Crippen LogP contribution in [-0.4, -0.2) is 23.2 Å². The highest BCUT2D eigenvalue weighted by molar-refractivity contribution is 8.19. The first-order chi connectivity index (χ1) is 16.2. The Hall–Kier alpha value is -3.68. The highest BCUT2D eigenvalue weighted by Crippen LogP contribution is 2.38. The third kappa shape index (κ3) is 4.60. The molecule has 0 saturated carbocycles. The second-order valence-electron chi connectivity index (χ2n) is 7.14. The lowest BCUT2D eigenvalue weighted by atomic mass is 10.2. The molecule has 7 heteroatoms. The molecule has 5 nitrogen and oxygen atoms in total. The van der Waals surface area contributed by atoms with E-state index < -0.39 is 0 Å². The van der Waals surface area contributed by atoms with Crippen molar-refractivity contribution in [2.45, 2.75) is 0 Å². The van der Waals surface area contributed by atoms with Gasteiger partial charge in [0.1, 0.15) is 5.75 Å². The molecular formula is C26H19N3O2S2. The monoisotopic (exact) mass is 469 g/mol. The number of thioether (sulfide) groups is 1. The largest absolute Gasteiger partial charge is 0.497 e. The van der Waals surface area contributed by atoms with Crippen molar-refractivity contribution in [1.82, 2.24) is 4.98 Å². The lowest BCUT2D eigenvalue weighted by Gasteiger charge is -2.14. The second kappa shape index (κ2) is 9.44. The minimum Gasteiger partial charge on any atom is -0.497 e. The second-order valence-corrected chi connectivity index (χ2v) is 8.98. The topological polar surface area (TPSA) is 54.8 Å². The predicted octanol–water partition coefficient (Wildman–Crippen LogP) is 6.63. The van der Waals surface area contributed by atoms with E-state index in [0.717, 1.165) is 28.3 Å². The Balaban J connectivity index is 1.51. The van der Waals surface area contributed by atoms with Gasteiger partial charge in [-0.15, -0.1) is 11.3 Å². The van der Waals surface area contributed by atoms with Gasteiger partial charge in [0.15, 0.2) is 5.17 Å². The lowest BCUT2D eigenvalue weighted by Crippen LogP contribution is -2.28. The van der Waals surface area contributed by atoms with Gasteiger partial charge in [0, 0.05) is 10.9 Å². The number of benzene rings is 3. The van der Waals surface area contributed by atoms with E-state index >= 15 is 0 Å². The molecule has 1 amide bonds. The number of carbonyl (C=O) groups excluding carboxylic acids is 1. The number of aliphatic imine (C=N–C) groups is 1. The van der Waals surface area contributed by atoms with Crippen molar-refractivity contribution in [2.75, 3.05) is 12.0 Å². The number of para-hydroxylation sites is 1. The minimum absolute atomic E-state index is 0.111. The van der Waals surface area contributed by atoms with Gasteiger partial charge < -0.3 is 4.74 Å². The van der Waals surface area contributed by atoms with E-state index in [9.17, 15) is 4.79 Å². The highest BCUT2D eigenvalue weighted by Gasteiger charge is 2.35. The van der Waals surface area contributed by atoms with E-state index in [-0.39, 0.29) is 5.91 Å². The van der Waals surface area contributed by atoms with Gasteiger partial charge in [-0.05, 0) is 47.7 Å². The van der Waals surface area contributed by atoms with Crippen molar-refractivity contribution >= 4 is 51.1 Å². The van der Waals surface area contributed by atoms with Crippen LogP contribution in [-0.2, 0) is 4.79 Å². The van der Waals surface area contributed by atoms with E-state index in [2.05, 4.69) is 4.98 Å². The smallest absolute Gasteiger partial charge is 0.271 e. The molecule has 1 fully saturated rings. The summed E-state index contributed by atoms with van der Waals surface area (Å²) in [5.74, 6) is 0.661. The maximum absolute atomic E-state index is 13.4. The number of aromatic nitrogens is 1. The molecular weight excluding hydrogens is 450 g/mol. The summed E-state index contributed by atoms with van der Waals surface area (Å²) in [4.78, 5) is 25.1. The van der Waals surface area contributed by atoms with Crippen LogP contribution < -0.4 is 9.64 Å². The number of amidine groups is 1. The number of methoxy groups -OCH3 is 1. The van der Waals surface area contributed by atoms with E-state index in [4.69, 9.17) is 9.73 Å². The molecule has 5 rings (SSSR count). The first kappa shape index (κ1) is 21.2. The van der Waals surface area contributed by atoms with Gasteiger partial charge in [-0.2, -0.15) is 4.99 Å². The molecule has 33 heavy (non-hydrogen) atoms. The summed E-state index contributed by atoms with van der Waals surface area (Å²) in [5.41, 5.74) is 3.60. The predicted molar refractivity (Wildman–Crippen MR) is 137 cm³/mol. The number of nitrogens with zero attached hydrogens (tertiary/aromatic N) is 3. The number of rotatable bonds is 5. The molecule has 1 aliphatic heterocycles. The SMILES string of the molecule is COc1ccc(/C=C2\S/C(=N/c3nc(-c4ccccc4)cs3)N(c3ccccc3)C2=O)cc1. The van der Waals surface area contributed by atoms with Gasteiger partial charge in [0.05, 0.1) is 23.4 Å². The molecule has 2 heterocycles. The molecule has 0 bridgehead atoms. The molecule has 1 aromatic heterocycles. The van der Waals surface area contributed by atoms with Crippen LogP contribution in [0.15, 0.2) is 100 Å². The first-order valence-electron chi connectivity index (χ1n) is 10.2. The van der Waals surface area contributed by atoms with Crippen LogP contribution in [0.5, 0.6) is 5.75 Å². The molecule has 0 aliphatic carbocycles. The van der Waals surface area contributed by atoms with Gasteiger partial charge in [-0.3, -0.25) is 9.69 Å². The summed E-state index contributed by atoms with van der Waals surface area (Å²) >= 11 is 2.81.